The third-order valence-corrected chi connectivity index (χ3v) is 2.31. The molecular formula is C12H21N3. The number of nitrogens with zero attached hydrogens (tertiary/aromatic N) is 1. The van der Waals surface area contributed by atoms with E-state index in [1.807, 2.05) is 6.20 Å². The zero-order valence-electron chi connectivity index (χ0n) is 9.88. The van der Waals surface area contributed by atoms with Gasteiger partial charge < -0.3 is 11.1 Å². The van der Waals surface area contributed by atoms with Crippen LogP contribution in [0.3, 0.4) is 0 Å². The lowest BCUT2D eigenvalue weighted by Crippen LogP contribution is -2.13. The molecule has 0 unspecified atom stereocenters. The number of hydrogen-bond donors (Lipinski definition) is 2. The van der Waals surface area contributed by atoms with E-state index in [4.69, 9.17) is 5.73 Å². The Morgan fingerprint density at radius 3 is 2.73 bits per heavy atom. The summed E-state index contributed by atoms with van der Waals surface area (Å²) in [7, 11) is 0. The van der Waals surface area contributed by atoms with Crippen molar-refractivity contribution in [3.8, 4) is 0 Å². The maximum atomic E-state index is 5.43. The molecule has 0 spiro atoms. The van der Waals surface area contributed by atoms with Crippen molar-refractivity contribution in [1.29, 1.82) is 0 Å². The standard InChI is InChI=1S/C12H21N3/c1-12(2,3)10-5-8-15-11(9-10)14-7-4-6-13/h5,8-9H,4,6-7,13H2,1-3H3,(H,14,15). The highest BCUT2D eigenvalue weighted by Gasteiger charge is 2.13. The Balaban J connectivity index is 2.66. The molecule has 0 saturated heterocycles. The first-order valence-corrected chi connectivity index (χ1v) is 5.44. The molecule has 0 radical (unpaired) electrons. The van der Waals surface area contributed by atoms with E-state index in [0.29, 0.717) is 6.54 Å². The van der Waals surface area contributed by atoms with E-state index in [1.54, 1.807) is 0 Å². The first-order chi connectivity index (χ1) is 7.04. The third kappa shape index (κ3) is 3.88. The van der Waals surface area contributed by atoms with Crippen molar-refractivity contribution in [2.45, 2.75) is 32.6 Å². The molecule has 0 bridgehead atoms. The molecule has 0 aliphatic heterocycles. The van der Waals surface area contributed by atoms with Gasteiger partial charge in [-0.15, -0.1) is 0 Å². The zero-order valence-corrected chi connectivity index (χ0v) is 9.88. The van der Waals surface area contributed by atoms with Crippen molar-refractivity contribution in [2.75, 3.05) is 18.4 Å². The molecule has 1 aromatic heterocycles. The van der Waals surface area contributed by atoms with Gasteiger partial charge in [-0.25, -0.2) is 4.98 Å². The summed E-state index contributed by atoms with van der Waals surface area (Å²) in [5.74, 6) is 0.941. The highest BCUT2D eigenvalue weighted by Crippen LogP contribution is 2.23. The molecule has 3 nitrogen and oxygen atoms in total. The van der Waals surface area contributed by atoms with Crippen LogP contribution in [0, 0.1) is 0 Å². The van der Waals surface area contributed by atoms with Crippen LogP contribution in [0.5, 0.6) is 0 Å². The zero-order chi connectivity index (χ0) is 11.3. The minimum absolute atomic E-state index is 0.174. The monoisotopic (exact) mass is 207 g/mol. The number of anilines is 1. The number of hydrogen-bond acceptors (Lipinski definition) is 3. The molecule has 1 rings (SSSR count). The van der Waals surface area contributed by atoms with Gasteiger partial charge in [-0.05, 0) is 36.1 Å². The SMILES string of the molecule is CC(C)(C)c1ccnc(NCCCN)c1. The Morgan fingerprint density at radius 1 is 1.40 bits per heavy atom. The molecule has 84 valence electrons. The van der Waals surface area contributed by atoms with Crippen LogP contribution in [0.15, 0.2) is 18.3 Å². The first-order valence-electron chi connectivity index (χ1n) is 5.44. The predicted octanol–water partition coefficient (Wildman–Crippen LogP) is 2.14. The Hall–Kier alpha value is -1.09. The average Bonchev–Trinajstić information content (AvgIpc) is 2.17. The number of nitrogens with one attached hydrogen (secondary N) is 1. The van der Waals surface area contributed by atoms with Crippen molar-refractivity contribution in [3.63, 3.8) is 0 Å². The Bertz CT molecular complexity index is 302. The van der Waals surface area contributed by atoms with Gasteiger partial charge in [0.1, 0.15) is 5.82 Å². The number of pyridine rings is 1. The van der Waals surface area contributed by atoms with E-state index in [2.05, 4.69) is 43.2 Å². The lowest BCUT2D eigenvalue weighted by Gasteiger charge is -2.19. The Labute approximate surface area is 92.1 Å². The molecular weight excluding hydrogens is 186 g/mol. The van der Waals surface area contributed by atoms with Crippen LogP contribution in [0.1, 0.15) is 32.8 Å². The normalized spacial score (nSPS) is 11.5. The summed E-state index contributed by atoms with van der Waals surface area (Å²) < 4.78 is 0. The van der Waals surface area contributed by atoms with Crippen molar-refractivity contribution in [1.82, 2.24) is 4.98 Å². The lowest BCUT2D eigenvalue weighted by molar-refractivity contribution is 0.589. The van der Waals surface area contributed by atoms with Gasteiger partial charge in [0.2, 0.25) is 0 Å². The summed E-state index contributed by atoms with van der Waals surface area (Å²) in [5, 5.41) is 3.27. The lowest BCUT2D eigenvalue weighted by atomic mass is 9.88. The fraction of sp³-hybridized carbons (Fsp3) is 0.583. The van der Waals surface area contributed by atoms with Gasteiger partial charge in [0.05, 0.1) is 0 Å². The number of rotatable bonds is 4. The molecule has 3 N–H and O–H groups in total. The molecule has 0 aliphatic rings. The van der Waals surface area contributed by atoms with E-state index < -0.39 is 0 Å². The Kier molecular flexibility index (Phi) is 4.09. The van der Waals surface area contributed by atoms with Gasteiger partial charge in [-0.1, -0.05) is 20.8 Å². The van der Waals surface area contributed by atoms with Crippen molar-refractivity contribution >= 4 is 5.82 Å². The van der Waals surface area contributed by atoms with Gasteiger partial charge in [0, 0.05) is 12.7 Å². The maximum absolute atomic E-state index is 5.43. The van der Waals surface area contributed by atoms with Crippen molar-refractivity contribution in [3.05, 3.63) is 23.9 Å². The van der Waals surface area contributed by atoms with E-state index in [9.17, 15) is 0 Å². The van der Waals surface area contributed by atoms with Gasteiger partial charge in [-0.2, -0.15) is 0 Å². The van der Waals surface area contributed by atoms with Crippen LogP contribution < -0.4 is 11.1 Å². The fourth-order valence-electron chi connectivity index (χ4n) is 1.31. The van der Waals surface area contributed by atoms with E-state index in [1.165, 1.54) is 5.56 Å². The highest BCUT2D eigenvalue weighted by molar-refractivity contribution is 5.39. The molecule has 15 heavy (non-hydrogen) atoms. The first kappa shape index (κ1) is 12.0. The van der Waals surface area contributed by atoms with Crippen LogP contribution in [0.25, 0.3) is 0 Å². The molecule has 0 fully saturated rings. The van der Waals surface area contributed by atoms with Crippen molar-refractivity contribution in [2.24, 2.45) is 5.73 Å². The van der Waals surface area contributed by atoms with Crippen molar-refractivity contribution < 1.29 is 0 Å². The summed E-state index contributed by atoms with van der Waals surface area (Å²) in [5.41, 5.74) is 6.90. The number of aromatic nitrogens is 1. The second-order valence-corrected chi connectivity index (χ2v) is 4.75. The van der Waals surface area contributed by atoms with Crippen LogP contribution in [0.4, 0.5) is 5.82 Å². The van der Waals surface area contributed by atoms with E-state index >= 15 is 0 Å². The van der Waals surface area contributed by atoms with E-state index in [0.717, 1.165) is 18.8 Å². The molecule has 0 aliphatic carbocycles. The maximum Gasteiger partial charge on any atom is 0.126 e. The average molecular weight is 207 g/mol. The predicted molar refractivity (Wildman–Crippen MR) is 65.1 cm³/mol. The highest BCUT2D eigenvalue weighted by atomic mass is 15.0. The fourth-order valence-corrected chi connectivity index (χ4v) is 1.31. The van der Waals surface area contributed by atoms with Crippen LogP contribution in [-0.4, -0.2) is 18.1 Å². The third-order valence-electron chi connectivity index (χ3n) is 2.31. The second-order valence-electron chi connectivity index (χ2n) is 4.75. The molecule has 1 heterocycles. The minimum Gasteiger partial charge on any atom is -0.370 e. The molecule has 1 aromatic rings. The topological polar surface area (TPSA) is 50.9 Å². The smallest absolute Gasteiger partial charge is 0.126 e. The molecule has 0 amide bonds. The molecule has 3 heteroatoms. The van der Waals surface area contributed by atoms with Crippen LogP contribution in [0.2, 0.25) is 0 Å². The summed E-state index contributed by atoms with van der Waals surface area (Å²) >= 11 is 0. The van der Waals surface area contributed by atoms with Gasteiger partial charge in [0.15, 0.2) is 0 Å². The molecule has 0 saturated carbocycles. The van der Waals surface area contributed by atoms with Crippen LogP contribution >= 0.6 is 0 Å². The summed E-state index contributed by atoms with van der Waals surface area (Å²) in [4.78, 5) is 4.27. The molecule has 0 atom stereocenters. The largest absolute Gasteiger partial charge is 0.370 e. The van der Waals surface area contributed by atoms with E-state index in [-0.39, 0.29) is 5.41 Å². The molecule has 0 aromatic carbocycles. The van der Waals surface area contributed by atoms with Crippen LogP contribution in [-0.2, 0) is 5.41 Å². The summed E-state index contributed by atoms with van der Waals surface area (Å²) in [6.07, 6.45) is 2.83. The Morgan fingerprint density at radius 2 is 2.13 bits per heavy atom. The van der Waals surface area contributed by atoms with Gasteiger partial charge in [-0.3, -0.25) is 0 Å². The van der Waals surface area contributed by atoms with Gasteiger partial charge in [0.25, 0.3) is 0 Å². The second kappa shape index (κ2) is 5.12. The number of nitrogens with two attached hydrogens (primary N) is 1. The quantitative estimate of drug-likeness (QED) is 0.744. The summed E-state index contributed by atoms with van der Waals surface area (Å²) in [6.45, 7) is 8.20. The minimum atomic E-state index is 0.174. The van der Waals surface area contributed by atoms with Gasteiger partial charge >= 0.3 is 0 Å². The summed E-state index contributed by atoms with van der Waals surface area (Å²) in [6, 6.07) is 4.17.